The number of Topliss-reactive ketones (excluding diaryl/α,β-unsaturated/α-hetero) is 1. The number of urea groups is 1. The third kappa shape index (κ3) is 7.59. The molecule has 0 aromatic heterocycles. The molecule has 1 saturated heterocycles. The zero-order valence-corrected chi connectivity index (χ0v) is 32.9. The van der Waals surface area contributed by atoms with Crippen molar-refractivity contribution in [2.24, 2.45) is 39.7 Å². The van der Waals surface area contributed by atoms with Gasteiger partial charge in [-0.25, -0.2) is 13.2 Å². The van der Waals surface area contributed by atoms with Crippen LogP contribution in [-0.4, -0.2) is 84.4 Å². The maximum Gasteiger partial charge on any atom is 0.315 e. The zero-order valence-electron chi connectivity index (χ0n) is 32.1. The number of nitrogens with zero attached hydrogens (tertiary/aromatic N) is 2. The average Bonchev–Trinajstić information content (AvgIpc) is 3.33. The van der Waals surface area contributed by atoms with Gasteiger partial charge in [-0.2, -0.15) is 4.31 Å². The average molecular weight is 755 g/mol. The molecule has 4 fully saturated rings. The molecule has 1 unspecified atom stereocenters. The second-order valence-corrected chi connectivity index (χ2v) is 20.2. The van der Waals surface area contributed by atoms with E-state index in [1.54, 1.807) is 29.2 Å². The van der Waals surface area contributed by atoms with Crippen molar-refractivity contribution in [2.75, 3.05) is 13.1 Å². The molecule has 3 saturated carbocycles. The monoisotopic (exact) mass is 754 g/mol. The van der Waals surface area contributed by atoms with Gasteiger partial charge in [0.2, 0.25) is 27.6 Å². The molecule has 1 aromatic rings. The maximum atomic E-state index is 14.9. The fourth-order valence-electron chi connectivity index (χ4n) is 9.42. The van der Waals surface area contributed by atoms with Crippen molar-refractivity contribution in [3.05, 3.63) is 29.8 Å². The molecule has 6 atom stereocenters. The molecule has 5 amide bonds. The summed E-state index contributed by atoms with van der Waals surface area (Å²) in [6.07, 6.45) is 7.39. The number of primary amides is 1. The lowest BCUT2D eigenvalue weighted by atomic mass is 9.70. The Morgan fingerprint density at radius 3 is 2.19 bits per heavy atom. The van der Waals surface area contributed by atoms with Crippen LogP contribution in [-0.2, 0) is 35.7 Å². The molecule has 5 N–H and O–H groups in total. The summed E-state index contributed by atoms with van der Waals surface area (Å²) in [5.74, 6) is -2.64. The molecule has 0 radical (unpaired) electrons. The summed E-state index contributed by atoms with van der Waals surface area (Å²) in [6, 6.07) is 2.82. The Balaban J connectivity index is 1.23. The number of amides is 5. The number of rotatable bonds is 12. The van der Waals surface area contributed by atoms with Crippen LogP contribution in [0.25, 0.3) is 0 Å². The smallest absolute Gasteiger partial charge is 0.315 e. The van der Waals surface area contributed by atoms with Gasteiger partial charge in [-0.05, 0) is 64.9 Å². The van der Waals surface area contributed by atoms with E-state index in [2.05, 4.69) is 29.8 Å². The number of fused-ring (bicyclic) bond motifs is 2. The van der Waals surface area contributed by atoms with Crippen LogP contribution in [0.5, 0.6) is 0 Å². The Hall–Kier alpha value is -3.52. The number of nitrogens with two attached hydrogens (primary N) is 1. The number of carbonyl (C=O) groups is 5. The minimum Gasteiger partial charge on any atom is -0.363 e. The molecule has 0 bridgehead atoms. The number of hydrogen-bond donors (Lipinski definition) is 4. The van der Waals surface area contributed by atoms with E-state index in [9.17, 15) is 32.4 Å². The van der Waals surface area contributed by atoms with Gasteiger partial charge in [-0.3, -0.25) is 19.2 Å². The fraction of sp³-hybridized carbons (Fsp3) is 0.718. The molecular formula is C39H58N6O7S. The van der Waals surface area contributed by atoms with Gasteiger partial charge in [0.1, 0.15) is 12.1 Å². The van der Waals surface area contributed by atoms with Crippen molar-refractivity contribution in [3.63, 3.8) is 0 Å². The predicted molar refractivity (Wildman–Crippen MR) is 198 cm³/mol. The highest BCUT2D eigenvalue weighted by molar-refractivity contribution is 7.89. The third-order valence-electron chi connectivity index (χ3n) is 13.3. The normalized spacial score (nSPS) is 27.3. The molecule has 53 heavy (non-hydrogen) atoms. The molecule has 5 aliphatic rings. The lowest BCUT2D eigenvalue weighted by Crippen LogP contribution is -2.63. The van der Waals surface area contributed by atoms with E-state index >= 15 is 0 Å². The van der Waals surface area contributed by atoms with Crippen molar-refractivity contribution in [3.8, 4) is 0 Å². The predicted octanol–water partition coefficient (Wildman–Crippen LogP) is 3.46. The first kappa shape index (κ1) is 39.2. The molecule has 6 rings (SSSR count). The highest BCUT2D eigenvalue weighted by Gasteiger charge is 2.70. The number of hydrogen-bond acceptors (Lipinski definition) is 7. The summed E-state index contributed by atoms with van der Waals surface area (Å²) in [7, 11) is -3.75. The van der Waals surface area contributed by atoms with Gasteiger partial charge in [-0.1, -0.05) is 98.3 Å². The lowest BCUT2D eigenvalue weighted by molar-refractivity contribution is -0.146. The van der Waals surface area contributed by atoms with Crippen molar-refractivity contribution in [1.29, 1.82) is 0 Å². The Morgan fingerprint density at radius 2 is 1.60 bits per heavy atom. The van der Waals surface area contributed by atoms with Crippen LogP contribution in [0.1, 0.15) is 105 Å². The number of sulfonamides is 1. The minimum absolute atomic E-state index is 0.0443. The molecule has 292 valence electrons. The van der Waals surface area contributed by atoms with Crippen LogP contribution in [0, 0.1) is 34.0 Å². The summed E-state index contributed by atoms with van der Waals surface area (Å²) in [6.45, 7) is 12.5. The SMILES string of the molecule is CC(C)(C)[C@@H](CN1Cc2ccccc2S1(=O)=O)NC(=O)N[C@H](C(=O)N1C[C@H]2[C@@H]([C@H]1C(=O)NC(CC1CCC1)C(=O)C(N)=O)C2(C)C)C1(C)CCCCC1. The molecule has 14 heteroatoms. The van der Waals surface area contributed by atoms with Crippen LogP contribution in [0.3, 0.4) is 0 Å². The lowest BCUT2D eigenvalue weighted by Gasteiger charge is -2.43. The van der Waals surface area contributed by atoms with E-state index in [1.165, 1.54) is 4.31 Å². The molecular weight excluding hydrogens is 697 g/mol. The van der Waals surface area contributed by atoms with Crippen molar-refractivity contribution in [1.82, 2.24) is 25.2 Å². The first-order valence-electron chi connectivity index (χ1n) is 19.4. The number of nitrogens with one attached hydrogen (secondary N) is 3. The summed E-state index contributed by atoms with van der Waals surface area (Å²) in [5, 5.41) is 8.92. The second-order valence-electron chi connectivity index (χ2n) is 18.3. The van der Waals surface area contributed by atoms with Gasteiger partial charge >= 0.3 is 6.03 Å². The number of carbonyl (C=O) groups excluding carboxylic acids is 5. The van der Waals surface area contributed by atoms with Crippen molar-refractivity contribution >= 4 is 39.6 Å². The number of piperidine rings is 1. The molecule has 3 aliphatic carbocycles. The zero-order chi connectivity index (χ0) is 38.7. The van der Waals surface area contributed by atoms with Crippen LogP contribution in [0.15, 0.2) is 29.2 Å². The van der Waals surface area contributed by atoms with Crippen LogP contribution < -0.4 is 21.7 Å². The van der Waals surface area contributed by atoms with Gasteiger partial charge in [0.25, 0.3) is 5.91 Å². The number of benzene rings is 1. The molecule has 2 aliphatic heterocycles. The van der Waals surface area contributed by atoms with Gasteiger partial charge in [0.05, 0.1) is 10.9 Å². The largest absolute Gasteiger partial charge is 0.363 e. The van der Waals surface area contributed by atoms with E-state index < -0.39 is 68.6 Å². The van der Waals surface area contributed by atoms with Gasteiger partial charge in [-0.15, -0.1) is 0 Å². The van der Waals surface area contributed by atoms with E-state index in [0.717, 1.165) is 38.5 Å². The molecule has 0 spiro atoms. The summed E-state index contributed by atoms with van der Waals surface area (Å²) in [5.41, 5.74) is 4.76. The van der Waals surface area contributed by atoms with Crippen LogP contribution >= 0.6 is 0 Å². The van der Waals surface area contributed by atoms with E-state index in [-0.39, 0.29) is 47.1 Å². The van der Waals surface area contributed by atoms with Gasteiger partial charge in [0.15, 0.2) is 0 Å². The summed E-state index contributed by atoms with van der Waals surface area (Å²) in [4.78, 5) is 69.9. The first-order chi connectivity index (χ1) is 24.8. The van der Waals surface area contributed by atoms with Crippen LogP contribution in [0.2, 0.25) is 0 Å². The van der Waals surface area contributed by atoms with E-state index in [0.29, 0.717) is 31.4 Å². The summed E-state index contributed by atoms with van der Waals surface area (Å²) >= 11 is 0. The van der Waals surface area contributed by atoms with Gasteiger partial charge in [0, 0.05) is 25.7 Å². The molecule has 2 heterocycles. The van der Waals surface area contributed by atoms with Crippen molar-refractivity contribution < 1.29 is 32.4 Å². The Bertz CT molecular complexity index is 1750. The Kier molecular flexibility index (Phi) is 10.6. The summed E-state index contributed by atoms with van der Waals surface area (Å²) < 4.78 is 28.3. The molecule has 13 nitrogen and oxygen atoms in total. The second kappa shape index (κ2) is 14.3. The van der Waals surface area contributed by atoms with Gasteiger partial charge < -0.3 is 26.6 Å². The van der Waals surface area contributed by atoms with E-state index in [4.69, 9.17) is 5.73 Å². The maximum absolute atomic E-state index is 14.9. The first-order valence-corrected chi connectivity index (χ1v) is 20.8. The number of likely N-dealkylation sites (tertiary alicyclic amines) is 1. The quantitative estimate of drug-likeness (QED) is 0.235. The Labute approximate surface area is 314 Å². The fourth-order valence-corrected chi connectivity index (χ4v) is 11.1. The Morgan fingerprint density at radius 1 is 0.943 bits per heavy atom. The standard InChI is InChI=1S/C39H58N6O7S/c1-37(2,3)28(22-44-20-24-15-8-9-16-27(24)53(44,51)52)42-36(50)43-32(39(6)17-10-7-11-18-39)35(49)45-21-25-29(38(25,4)5)30(45)34(48)41-26(31(46)33(40)47)19-23-13-12-14-23/h8-9,15-16,23,25-26,28-30,32H,7,10-14,17-22H2,1-6H3,(H2,40,47)(H,41,48)(H2,42,43,50)/t25-,26?,28+,29-,30-,32+/m0/s1. The molecule has 1 aromatic carbocycles. The third-order valence-corrected chi connectivity index (χ3v) is 15.2. The highest BCUT2D eigenvalue weighted by Crippen LogP contribution is 2.65. The topological polar surface area (TPSA) is 188 Å². The number of ketones is 1. The van der Waals surface area contributed by atoms with Crippen LogP contribution in [0.4, 0.5) is 4.79 Å². The minimum atomic E-state index is -3.75. The van der Waals surface area contributed by atoms with Crippen molar-refractivity contribution in [2.45, 2.75) is 135 Å². The highest BCUT2D eigenvalue weighted by atomic mass is 32.2. The van der Waals surface area contributed by atoms with E-state index in [1.807, 2.05) is 27.7 Å².